The molecule has 1 aromatic heterocycles. The van der Waals surface area contributed by atoms with Crippen molar-refractivity contribution in [1.29, 1.82) is 0 Å². The number of rotatable bonds is 4. The van der Waals surface area contributed by atoms with Crippen molar-refractivity contribution in [3.05, 3.63) is 18.1 Å². The molecule has 0 aliphatic carbocycles. The average Bonchev–Trinajstić information content (AvgIpc) is 2.42. The summed E-state index contributed by atoms with van der Waals surface area (Å²) in [6.07, 6.45) is 4.64. The summed E-state index contributed by atoms with van der Waals surface area (Å²) in [5.41, 5.74) is 3.48. The molecular formula is C12H22N6. The zero-order chi connectivity index (χ0) is 13.0. The fourth-order valence-corrected chi connectivity index (χ4v) is 2.33. The van der Waals surface area contributed by atoms with Crippen molar-refractivity contribution in [3.8, 4) is 0 Å². The predicted molar refractivity (Wildman–Crippen MR) is 71.8 cm³/mol. The molecule has 1 aliphatic rings. The molecule has 100 valence electrons. The first-order valence-electron chi connectivity index (χ1n) is 6.43. The number of aromatic nitrogens is 2. The number of hydrogen-bond acceptors (Lipinski definition) is 6. The molecule has 0 saturated carbocycles. The number of hydrogen-bond donors (Lipinski definition) is 2. The van der Waals surface area contributed by atoms with Gasteiger partial charge in [-0.1, -0.05) is 6.92 Å². The first-order chi connectivity index (χ1) is 8.72. The van der Waals surface area contributed by atoms with Crippen LogP contribution in [0.5, 0.6) is 0 Å². The van der Waals surface area contributed by atoms with Gasteiger partial charge in [0.1, 0.15) is 0 Å². The van der Waals surface area contributed by atoms with Crippen LogP contribution in [0, 0.1) is 0 Å². The van der Waals surface area contributed by atoms with Crippen LogP contribution in [-0.2, 0) is 6.54 Å². The van der Waals surface area contributed by atoms with Crippen LogP contribution in [-0.4, -0.2) is 52.5 Å². The van der Waals surface area contributed by atoms with Gasteiger partial charge in [-0.15, -0.1) is 0 Å². The van der Waals surface area contributed by atoms with Crippen molar-refractivity contribution in [2.45, 2.75) is 25.9 Å². The van der Waals surface area contributed by atoms with Gasteiger partial charge in [-0.05, 0) is 13.5 Å². The highest BCUT2D eigenvalue weighted by molar-refractivity contribution is 5.28. The molecule has 1 unspecified atom stereocenters. The number of piperazine rings is 1. The van der Waals surface area contributed by atoms with Crippen molar-refractivity contribution < 1.29 is 0 Å². The van der Waals surface area contributed by atoms with Crippen LogP contribution in [0.15, 0.2) is 12.4 Å². The van der Waals surface area contributed by atoms with Gasteiger partial charge in [0.15, 0.2) is 5.82 Å². The summed E-state index contributed by atoms with van der Waals surface area (Å²) in [7, 11) is 2.20. The lowest BCUT2D eigenvalue weighted by Crippen LogP contribution is -2.50. The lowest BCUT2D eigenvalue weighted by atomic mass is 10.1. The summed E-state index contributed by atoms with van der Waals surface area (Å²) >= 11 is 0. The molecular weight excluding hydrogens is 228 g/mol. The van der Waals surface area contributed by atoms with Gasteiger partial charge in [0.25, 0.3) is 0 Å². The number of nitrogens with two attached hydrogens (primary N) is 1. The average molecular weight is 250 g/mol. The van der Waals surface area contributed by atoms with Crippen molar-refractivity contribution in [2.75, 3.05) is 32.1 Å². The van der Waals surface area contributed by atoms with Crippen LogP contribution in [0.2, 0.25) is 0 Å². The van der Waals surface area contributed by atoms with E-state index in [1.165, 1.54) is 6.42 Å². The van der Waals surface area contributed by atoms with Crippen LogP contribution in [0.4, 0.5) is 5.82 Å². The molecule has 6 heteroatoms. The largest absolute Gasteiger partial charge is 0.307 e. The standard InChI is InChI=1S/C12H22N6/c1-3-11-9-18(5-4-17(11)2)8-10-6-15-12(16-13)7-14-10/h6-7,11H,3-5,8-9,13H2,1-2H3,(H,15,16). The molecule has 1 fully saturated rings. The Morgan fingerprint density at radius 2 is 2.22 bits per heavy atom. The Hall–Kier alpha value is -1.24. The number of nitrogen functional groups attached to an aromatic ring is 1. The molecule has 0 spiro atoms. The molecule has 18 heavy (non-hydrogen) atoms. The summed E-state index contributed by atoms with van der Waals surface area (Å²) in [5.74, 6) is 5.87. The van der Waals surface area contributed by atoms with E-state index in [1.807, 2.05) is 0 Å². The summed E-state index contributed by atoms with van der Waals surface area (Å²) in [5, 5.41) is 0. The third-order valence-corrected chi connectivity index (χ3v) is 3.57. The fourth-order valence-electron chi connectivity index (χ4n) is 2.33. The van der Waals surface area contributed by atoms with E-state index in [0.29, 0.717) is 11.9 Å². The van der Waals surface area contributed by atoms with Crippen LogP contribution in [0.3, 0.4) is 0 Å². The number of likely N-dealkylation sites (N-methyl/N-ethyl adjacent to an activating group) is 1. The maximum absolute atomic E-state index is 5.27. The molecule has 6 nitrogen and oxygen atoms in total. The Morgan fingerprint density at radius 1 is 1.39 bits per heavy atom. The van der Waals surface area contributed by atoms with Gasteiger partial charge in [-0.2, -0.15) is 0 Å². The van der Waals surface area contributed by atoms with Gasteiger partial charge in [0.05, 0.1) is 18.1 Å². The quantitative estimate of drug-likeness (QED) is 0.591. The van der Waals surface area contributed by atoms with E-state index in [9.17, 15) is 0 Å². The second kappa shape index (κ2) is 6.08. The minimum atomic E-state index is 0.601. The summed E-state index contributed by atoms with van der Waals surface area (Å²) in [4.78, 5) is 13.4. The summed E-state index contributed by atoms with van der Waals surface area (Å²) in [6, 6.07) is 0.650. The Labute approximate surface area is 108 Å². The van der Waals surface area contributed by atoms with E-state index < -0.39 is 0 Å². The van der Waals surface area contributed by atoms with Crippen molar-refractivity contribution in [1.82, 2.24) is 19.8 Å². The highest BCUT2D eigenvalue weighted by Gasteiger charge is 2.22. The zero-order valence-electron chi connectivity index (χ0n) is 11.1. The third kappa shape index (κ3) is 3.16. The predicted octanol–water partition coefficient (Wildman–Crippen LogP) is 0.288. The van der Waals surface area contributed by atoms with E-state index in [0.717, 1.165) is 31.9 Å². The van der Waals surface area contributed by atoms with Crippen molar-refractivity contribution in [2.24, 2.45) is 5.84 Å². The van der Waals surface area contributed by atoms with E-state index >= 15 is 0 Å². The van der Waals surface area contributed by atoms with Gasteiger partial charge in [0.2, 0.25) is 0 Å². The minimum Gasteiger partial charge on any atom is -0.307 e. The molecule has 1 aliphatic heterocycles. The highest BCUT2D eigenvalue weighted by Crippen LogP contribution is 2.13. The Balaban J connectivity index is 1.92. The van der Waals surface area contributed by atoms with E-state index in [-0.39, 0.29) is 0 Å². The minimum absolute atomic E-state index is 0.601. The number of anilines is 1. The summed E-state index contributed by atoms with van der Waals surface area (Å²) in [6.45, 7) is 6.42. The van der Waals surface area contributed by atoms with Crippen LogP contribution < -0.4 is 11.3 Å². The fraction of sp³-hybridized carbons (Fsp3) is 0.667. The molecule has 2 heterocycles. The molecule has 0 amide bonds. The number of nitrogens with one attached hydrogen (secondary N) is 1. The number of nitrogens with zero attached hydrogens (tertiary/aromatic N) is 4. The molecule has 1 saturated heterocycles. The third-order valence-electron chi connectivity index (χ3n) is 3.57. The topological polar surface area (TPSA) is 70.3 Å². The molecule has 0 bridgehead atoms. The first kappa shape index (κ1) is 13.2. The van der Waals surface area contributed by atoms with Gasteiger partial charge < -0.3 is 10.3 Å². The van der Waals surface area contributed by atoms with Crippen LogP contribution in [0.25, 0.3) is 0 Å². The van der Waals surface area contributed by atoms with Crippen LogP contribution in [0.1, 0.15) is 19.0 Å². The lowest BCUT2D eigenvalue weighted by molar-refractivity contribution is 0.0874. The summed E-state index contributed by atoms with van der Waals surface area (Å²) < 4.78 is 0. The van der Waals surface area contributed by atoms with Gasteiger partial charge in [0, 0.05) is 32.2 Å². The SMILES string of the molecule is CCC1CN(Cc2cnc(NN)cn2)CCN1C. The van der Waals surface area contributed by atoms with E-state index in [2.05, 4.69) is 39.2 Å². The Kier molecular flexibility index (Phi) is 4.46. The van der Waals surface area contributed by atoms with Crippen molar-refractivity contribution in [3.63, 3.8) is 0 Å². The Morgan fingerprint density at radius 3 is 2.83 bits per heavy atom. The molecule has 1 aromatic rings. The second-order valence-corrected chi connectivity index (χ2v) is 4.82. The zero-order valence-corrected chi connectivity index (χ0v) is 11.1. The monoisotopic (exact) mass is 250 g/mol. The van der Waals surface area contributed by atoms with Crippen molar-refractivity contribution >= 4 is 5.82 Å². The maximum Gasteiger partial charge on any atom is 0.158 e. The molecule has 0 radical (unpaired) electrons. The van der Waals surface area contributed by atoms with Gasteiger partial charge in [-0.25, -0.2) is 10.8 Å². The Bertz CT molecular complexity index is 365. The van der Waals surface area contributed by atoms with E-state index in [4.69, 9.17) is 5.84 Å². The lowest BCUT2D eigenvalue weighted by Gasteiger charge is -2.38. The smallest absolute Gasteiger partial charge is 0.158 e. The second-order valence-electron chi connectivity index (χ2n) is 4.82. The van der Waals surface area contributed by atoms with Gasteiger partial charge >= 0.3 is 0 Å². The molecule has 1 atom stereocenters. The highest BCUT2D eigenvalue weighted by atomic mass is 15.3. The molecule has 3 N–H and O–H groups in total. The number of hydrazine groups is 1. The normalized spacial score (nSPS) is 22.1. The van der Waals surface area contributed by atoms with E-state index in [1.54, 1.807) is 12.4 Å². The maximum atomic E-state index is 5.27. The molecule has 0 aromatic carbocycles. The van der Waals surface area contributed by atoms with Gasteiger partial charge in [-0.3, -0.25) is 9.88 Å². The van der Waals surface area contributed by atoms with Crippen LogP contribution >= 0.6 is 0 Å². The first-order valence-corrected chi connectivity index (χ1v) is 6.43. The molecule has 2 rings (SSSR count).